The Kier molecular flexibility index (Phi) is 4.98. The maximum absolute atomic E-state index is 13.3. The SMILES string of the molecule is Cc1ccc2c(c1)C(C)(C)C(=CC1=C(O)C(=CC3=[N+](C)c4ccc(C(=O)O)cc4C3(C)C)C1=O)N2C. The first-order valence-electron chi connectivity index (χ1n) is 12.0. The lowest BCUT2D eigenvalue weighted by molar-refractivity contribution is -0.401. The highest BCUT2D eigenvalue weighted by molar-refractivity contribution is 6.24. The van der Waals surface area contributed by atoms with Gasteiger partial charge in [-0.3, -0.25) is 4.79 Å². The molecule has 0 saturated heterocycles. The summed E-state index contributed by atoms with van der Waals surface area (Å²) >= 11 is 0. The van der Waals surface area contributed by atoms with E-state index in [1.54, 1.807) is 24.3 Å². The van der Waals surface area contributed by atoms with Crippen molar-refractivity contribution in [3.63, 3.8) is 0 Å². The standard InChI is InChI=1S/C30H30N2O4/c1-16-8-10-22-20(12-16)29(2,3)24(31(22)6)14-18-26(33)19(27(18)34)15-25-30(4,5)21-13-17(28(35)36)9-11-23(21)32(25)7/h8-15H,1-7H3,(H-,33,34,35,36)/p+1. The quantitative estimate of drug-likeness (QED) is 0.456. The molecule has 0 atom stereocenters. The number of aromatic carboxylic acids is 1. The van der Waals surface area contributed by atoms with Gasteiger partial charge in [0.1, 0.15) is 12.8 Å². The van der Waals surface area contributed by atoms with Crippen molar-refractivity contribution in [1.82, 2.24) is 0 Å². The van der Waals surface area contributed by atoms with Gasteiger partial charge >= 0.3 is 5.97 Å². The van der Waals surface area contributed by atoms with Crippen molar-refractivity contribution < 1.29 is 24.4 Å². The minimum atomic E-state index is -0.979. The number of aliphatic hydroxyl groups is 1. The van der Waals surface area contributed by atoms with Gasteiger partial charge in [0, 0.05) is 41.6 Å². The number of aryl methyl sites for hydroxylation is 1. The summed E-state index contributed by atoms with van der Waals surface area (Å²) in [7, 11) is 3.88. The number of anilines is 1. The highest BCUT2D eigenvalue weighted by atomic mass is 16.4. The third-order valence-corrected chi connectivity index (χ3v) is 8.03. The van der Waals surface area contributed by atoms with E-state index < -0.39 is 11.4 Å². The van der Waals surface area contributed by atoms with E-state index in [0.29, 0.717) is 5.57 Å². The fraction of sp³-hybridized carbons (Fsp3) is 0.300. The van der Waals surface area contributed by atoms with Gasteiger partial charge in [0.05, 0.1) is 22.1 Å². The molecule has 2 heterocycles. The molecule has 2 aromatic carbocycles. The zero-order valence-corrected chi connectivity index (χ0v) is 21.7. The van der Waals surface area contributed by atoms with E-state index in [4.69, 9.17) is 0 Å². The Labute approximate surface area is 211 Å². The Morgan fingerprint density at radius 3 is 2.33 bits per heavy atom. The van der Waals surface area contributed by atoms with E-state index in [9.17, 15) is 19.8 Å². The average molecular weight is 484 g/mol. The molecule has 2 aliphatic heterocycles. The van der Waals surface area contributed by atoms with Crippen LogP contribution in [0, 0.1) is 6.92 Å². The van der Waals surface area contributed by atoms with Crippen molar-refractivity contribution in [3.8, 4) is 0 Å². The predicted molar refractivity (Wildman–Crippen MR) is 141 cm³/mol. The molecule has 0 saturated carbocycles. The number of nitrogens with zero attached hydrogens (tertiary/aromatic N) is 2. The summed E-state index contributed by atoms with van der Waals surface area (Å²) in [6, 6.07) is 11.4. The summed E-state index contributed by atoms with van der Waals surface area (Å²) in [4.78, 5) is 26.9. The topological polar surface area (TPSA) is 80.9 Å². The number of aliphatic hydroxyl groups excluding tert-OH is 1. The average Bonchev–Trinajstić information content (AvgIpc) is 3.12. The number of carboxylic acid groups (broad SMARTS) is 1. The van der Waals surface area contributed by atoms with Crippen molar-refractivity contribution in [2.75, 3.05) is 19.0 Å². The number of fused-ring (bicyclic) bond motifs is 2. The molecule has 6 nitrogen and oxygen atoms in total. The van der Waals surface area contributed by atoms with Crippen LogP contribution >= 0.6 is 0 Å². The van der Waals surface area contributed by atoms with Crippen molar-refractivity contribution >= 4 is 28.8 Å². The first kappa shape index (κ1) is 23.8. The molecule has 0 amide bonds. The van der Waals surface area contributed by atoms with E-state index in [0.717, 1.165) is 28.3 Å². The van der Waals surface area contributed by atoms with Gasteiger partial charge < -0.3 is 15.1 Å². The minimum absolute atomic E-state index is 0.0114. The lowest BCUT2D eigenvalue weighted by Crippen LogP contribution is -2.31. The normalized spacial score (nSPS) is 21.9. The molecule has 0 bridgehead atoms. The molecule has 1 aliphatic carbocycles. The van der Waals surface area contributed by atoms with E-state index >= 15 is 0 Å². The fourth-order valence-corrected chi connectivity index (χ4v) is 5.82. The number of carbonyl (C=O) groups excluding carboxylic acids is 1. The smallest absolute Gasteiger partial charge is 0.335 e. The second-order valence-electron chi connectivity index (χ2n) is 11.0. The lowest BCUT2D eigenvalue weighted by atomic mass is 9.77. The molecule has 3 aliphatic rings. The third-order valence-electron chi connectivity index (χ3n) is 8.03. The fourth-order valence-electron chi connectivity index (χ4n) is 5.82. The van der Waals surface area contributed by atoms with Gasteiger partial charge in [-0.15, -0.1) is 0 Å². The summed E-state index contributed by atoms with van der Waals surface area (Å²) in [5.41, 5.74) is 6.97. The van der Waals surface area contributed by atoms with Gasteiger partial charge in [-0.1, -0.05) is 31.5 Å². The number of Topliss-reactive ketones (excluding diaryl/α,β-unsaturated/α-hetero) is 1. The van der Waals surface area contributed by atoms with Crippen LogP contribution in [0.15, 0.2) is 71.2 Å². The molecule has 0 fully saturated rings. The lowest BCUT2D eigenvalue weighted by Gasteiger charge is -2.27. The monoisotopic (exact) mass is 483 g/mol. The van der Waals surface area contributed by atoms with Crippen LogP contribution in [0.3, 0.4) is 0 Å². The van der Waals surface area contributed by atoms with Crippen molar-refractivity contribution in [2.24, 2.45) is 0 Å². The molecular formula is C30H31N2O4+. The summed E-state index contributed by atoms with van der Waals surface area (Å²) in [6.07, 6.45) is 3.55. The first-order valence-corrected chi connectivity index (χ1v) is 12.0. The van der Waals surface area contributed by atoms with Crippen LogP contribution in [0.25, 0.3) is 0 Å². The Hall–Kier alpha value is -3.93. The van der Waals surface area contributed by atoms with Crippen molar-refractivity contribution in [3.05, 3.63) is 93.4 Å². The molecule has 0 radical (unpaired) electrons. The summed E-state index contributed by atoms with van der Waals surface area (Å²) in [6.45, 7) is 10.3. The van der Waals surface area contributed by atoms with Gasteiger partial charge in [-0.2, -0.15) is 4.58 Å². The largest absolute Gasteiger partial charge is 0.506 e. The van der Waals surface area contributed by atoms with Crippen LogP contribution in [0.5, 0.6) is 0 Å². The predicted octanol–water partition coefficient (Wildman–Crippen LogP) is 5.33. The van der Waals surface area contributed by atoms with Crippen LogP contribution in [-0.4, -0.2) is 46.3 Å². The van der Waals surface area contributed by atoms with E-state index in [1.165, 1.54) is 11.1 Å². The number of hydrogen-bond donors (Lipinski definition) is 2. The molecule has 0 unspecified atom stereocenters. The number of rotatable bonds is 3. The Balaban J connectivity index is 1.54. The van der Waals surface area contributed by atoms with E-state index in [2.05, 4.69) is 43.9 Å². The summed E-state index contributed by atoms with van der Waals surface area (Å²) < 4.78 is 1.96. The van der Waals surface area contributed by atoms with Crippen LogP contribution in [-0.2, 0) is 15.6 Å². The van der Waals surface area contributed by atoms with Gasteiger partial charge in [-0.25, -0.2) is 4.79 Å². The second-order valence-corrected chi connectivity index (χ2v) is 11.0. The zero-order chi connectivity index (χ0) is 26.3. The van der Waals surface area contributed by atoms with E-state index in [1.807, 2.05) is 38.6 Å². The molecule has 2 N–H and O–H groups in total. The Morgan fingerprint density at radius 1 is 1.00 bits per heavy atom. The number of carbonyl (C=O) groups is 2. The molecule has 0 spiro atoms. The van der Waals surface area contributed by atoms with Gasteiger partial charge in [0.25, 0.3) is 0 Å². The van der Waals surface area contributed by atoms with Crippen LogP contribution in [0.1, 0.15) is 54.7 Å². The maximum Gasteiger partial charge on any atom is 0.335 e. The highest BCUT2D eigenvalue weighted by Crippen LogP contribution is 2.48. The zero-order valence-electron chi connectivity index (χ0n) is 21.7. The molecule has 36 heavy (non-hydrogen) atoms. The summed E-state index contributed by atoms with van der Waals surface area (Å²) in [5, 5.41) is 20.4. The molecule has 184 valence electrons. The molecule has 6 heteroatoms. The van der Waals surface area contributed by atoms with Gasteiger partial charge in [0.15, 0.2) is 5.71 Å². The number of allylic oxidation sites excluding steroid dienone is 5. The molecule has 5 rings (SSSR count). The van der Waals surface area contributed by atoms with Gasteiger partial charge in [0.2, 0.25) is 11.5 Å². The highest BCUT2D eigenvalue weighted by Gasteiger charge is 2.46. The number of benzene rings is 2. The van der Waals surface area contributed by atoms with Crippen molar-refractivity contribution in [1.29, 1.82) is 0 Å². The second kappa shape index (κ2) is 7.53. The molecule has 2 aromatic rings. The first-order chi connectivity index (χ1) is 16.8. The van der Waals surface area contributed by atoms with Crippen LogP contribution in [0.2, 0.25) is 0 Å². The molecule has 0 aromatic heterocycles. The number of hydrogen-bond acceptors (Lipinski definition) is 4. The van der Waals surface area contributed by atoms with Crippen LogP contribution in [0.4, 0.5) is 11.4 Å². The van der Waals surface area contributed by atoms with Crippen molar-refractivity contribution in [2.45, 2.75) is 45.4 Å². The van der Waals surface area contributed by atoms with E-state index in [-0.39, 0.29) is 28.1 Å². The summed E-state index contributed by atoms with van der Waals surface area (Å²) in [5.74, 6) is -1.19. The minimum Gasteiger partial charge on any atom is -0.506 e. The third kappa shape index (κ3) is 3.13. The van der Waals surface area contributed by atoms with Crippen LogP contribution < -0.4 is 4.90 Å². The van der Waals surface area contributed by atoms with Gasteiger partial charge in [-0.05, 0) is 50.6 Å². The molecular weight excluding hydrogens is 452 g/mol. The number of likely N-dealkylation sites (N-methyl/N-ethyl adjacent to an activating group) is 1. The Morgan fingerprint density at radius 2 is 1.69 bits per heavy atom. The number of carboxylic acids is 1. The Bertz CT molecular complexity index is 1520. The number of ketones is 1. The maximum atomic E-state index is 13.3.